The van der Waals surface area contributed by atoms with Crippen LogP contribution < -0.4 is 0 Å². The molecule has 8 nitrogen and oxygen atoms in total. The topological polar surface area (TPSA) is 92.6 Å². The van der Waals surface area contributed by atoms with Crippen LogP contribution in [-0.2, 0) is 19.4 Å². The van der Waals surface area contributed by atoms with Crippen molar-refractivity contribution in [3.05, 3.63) is 22.5 Å². The molecule has 0 radical (unpaired) electrons. The number of piperazine rings is 1. The third-order valence-electron chi connectivity index (χ3n) is 5.85. The van der Waals surface area contributed by atoms with Gasteiger partial charge in [0.2, 0.25) is 11.8 Å². The molecule has 2 saturated heterocycles. The van der Waals surface area contributed by atoms with Crippen LogP contribution in [0.25, 0.3) is 6.08 Å². The first-order chi connectivity index (χ1) is 13.7. The van der Waals surface area contributed by atoms with Crippen molar-refractivity contribution in [3.8, 4) is 0 Å². The minimum Gasteiger partial charge on any atom is -0.339 e. The van der Waals surface area contributed by atoms with Gasteiger partial charge in [0.15, 0.2) is 9.84 Å². The van der Waals surface area contributed by atoms with Crippen LogP contribution in [0.2, 0.25) is 5.15 Å². The molecule has 3 aliphatic rings. The number of halogens is 1. The largest absolute Gasteiger partial charge is 0.339 e. The number of nitrogens with zero attached hydrogens (tertiary/aromatic N) is 4. The number of carbonyl (C=O) groups excluding carboxylic acids is 2. The zero-order valence-electron chi connectivity index (χ0n) is 16.4. The molecule has 0 N–H and O–H groups in total. The van der Waals surface area contributed by atoms with Gasteiger partial charge in [0, 0.05) is 43.7 Å². The Morgan fingerprint density at radius 2 is 1.76 bits per heavy atom. The van der Waals surface area contributed by atoms with E-state index in [4.69, 9.17) is 11.6 Å². The third kappa shape index (κ3) is 4.35. The number of hydrogen-bond donors (Lipinski definition) is 0. The second-order valence-electron chi connectivity index (χ2n) is 8.05. The van der Waals surface area contributed by atoms with Crippen LogP contribution in [0.4, 0.5) is 0 Å². The summed E-state index contributed by atoms with van der Waals surface area (Å²) >= 11 is 6.45. The third-order valence-corrected chi connectivity index (χ3v) is 7.97. The molecule has 10 heteroatoms. The van der Waals surface area contributed by atoms with Crippen LogP contribution in [0.1, 0.15) is 36.6 Å². The van der Waals surface area contributed by atoms with Gasteiger partial charge >= 0.3 is 0 Å². The Hall–Kier alpha value is -1.87. The Bertz CT molecular complexity index is 959. The zero-order valence-corrected chi connectivity index (χ0v) is 18.0. The van der Waals surface area contributed by atoms with Gasteiger partial charge in [0.1, 0.15) is 5.15 Å². The molecule has 0 aromatic carbocycles. The monoisotopic (exact) mass is 440 g/mol. The van der Waals surface area contributed by atoms with Gasteiger partial charge in [-0.3, -0.25) is 9.59 Å². The Balaban J connectivity index is 1.39. The summed E-state index contributed by atoms with van der Waals surface area (Å²) in [5.41, 5.74) is 1.29. The van der Waals surface area contributed by atoms with Crippen LogP contribution in [0.15, 0.2) is 6.08 Å². The smallest absolute Gasteiger partial charge is 0.246 e. The first-order valence-corrected chi connectivity index (χ1v) is 12.2. The molecule has 1 aliphatic carbocycles. The molecule has 158 valence electrons. The Kier molecular flexibility index (Phi) is 5.46. The Morgan fingerprint density at radius 3 is 2.34 bits per heavy atom. The lowest BCUT2D eigenvalue weighted by atomic mass is 10.2. The van der Waals surface area contributed by atoms with E-state index in [9.17, 15) is 18.0 Å². The lowest BCUT2D eigenvalue weighted by molar-refractivity contribution is -0.138. The van der Waals surface area contributed by atoms with Crippen molar-refractivity contribution in [1.29, 1.82) is 0 Å². The van der Waals surface area contributed by atoms with Crippen LogP contribution in [0, 0.1) is 12.8 Å². The van der Waals surface area contributed by atoms with E-state index in [1.807, 2.05) is 4.90 Å². The highest BCUT2D eigenvalue weighted by atomic mass is 35.5. The summed E-state index contributed by atoms with van der Waals surface area (Å²) in [6, 6.07) is -0.263. The van der Waals surface area contributed by atoms with Crippen molar-refractivity contribution in [2.75, 3.05) is 37.7 Å². The molecule has 1 atom stereocenters. The standard InChI is InChI=1S/C19H25ClN4O4S/c1-13-16(18(20)24(21-13)15-6-11-29(27,28)12-15)4-5-17(25)22-7-9-23(10-8-22)19(26)14-2-3-14/h4-5,14-15H,2-3,6-12H2,1H3. The van der Waals surface area contributed by atoms with Crippen LogP contribution in [0.3, 0.4) is 0 Å². The van der Waals surface area contributed by atoms with Crippen LogP contribution in [-0.4, -0.2) is 77.5 Å². The van der Waals surface area contributed by atoms with E-state index in [0.29, 0.717) is 49.0 Å². The Labute approximate surface area is 175 Å². The molecule has 2 aliphatic heterocycles. The van der Waals surface area contributed by atoms with Gasteiger partial charge in [-0.2, -0.15) is 5.10 Å². The van der Waals surface area contributed by atoms with E-state index in [2.05, 4.69) is 5.10 Å². The lowest BCUT2D eigenvalue weighted by Gasteiger charge is -2.34. The summed E-state index contributed by atoms with van der Waals surface area (Å²) in [7, 11) is -3.04. The van der Waals surface area contributed by atoms with Crippen molar-refractivity contribution in [2.45, 2.75) is 32.2 Å². The SMILES string of the molecule is Cc1nn(C2CCS(=O)(=O)C2)c(Cl)c1C=CC(=O)N1CCN(C(=O)C2CC2)CC1. The Morgan fingerprint density at radius 1 is 1.10 bits per heavy atom. The summed E-state index contributed by atoms with van der Waals surface area (Å²) in [6.45, 7) is 3.98. The van der Waals surface area contributed by atoms with E-state index < -0.39 is 9.84 Å². The van der Waals surface area contributed by atoms with E-state index in [-0.39, 0.29) is 35.3 Å². The quantitative estimate of drug-likeness (QED) is 0.658. The van der Waals surface area contributed by atoms with Gasteiger partial charge in [0.25, 0.3) is 0 Å². The molecule has 0 bridgehead atoms. The molecule has 2 amide bonds. The highest BCUT2D eigenvalue weighted by Gasteiger charge is 2.35. The van der Waals surface area contributed by atoms with Crippen molar-refractivity contribution < 1.29 is 18.0 Å². The molecule has 3 fully saturated rings. The highest BCUT2D eigenvalue weighted by Crippen LogP contribution is 2.32. The van der Waals surface area contributed by atoms with E-state index >= 15 is 0 Å². The number of rotatable bonds is 4. The second-order valence-corrected chi connectivity index (χ2v) is 10.6. The van der Waals surface area contributed by atoms with E-state index in [0.717, 1.165) is 12.8 Å². The normalized spacial score (nSPS) is 24.4. The summed E-state index contributed by atoms with van der Waals surface area (Å²) in [4.78, 5) is 28.3. The maximum absolute atomic E-state index is 12.6. The molecule has 29 heavy (non-hydrogen) atoms. The predicted molar refractivity (Wildman–Crippen MR) is 109 cm³/mol. The van der Waals surface area contributed by atoms with Crippen molar-refractivity contribution in [1.82, 2.24) is 19.6 Å². The number of amides is 2. The number of carbonyl (C=O) groups is 2. The van der Waals surface area contributed by atoms with Crippen molar-refractivity contribution >= 4 is 39.3 Å². The highest BCUT2D eigenvalue weighted by molar-refractivity contribution is 7.91. The molecule has 0 spiro atoms. The van der Waals surface area contributed by atoms with Gasteiger partial charge < -0.3 is 9.80 Å². The van der Waals surface area contributed by atoms with Gasteiger partial charge in [-0.05, 0) is 32.3 Å². The molecule has 3 heterocycles. The molecule has 1 unspecified atom stereocenters. The zero-order chi connectivity index (χ0) is 20.8. The van der Waals surface area contributed by atoms with E-state index in [1.54, 1.807) is 22.6 Å². The average molecular weight is 441 g/mol. The predicted octanol–water partition coefficient (Wildman–Crippen LogP) is 1.30. The fourth-order valence-electron chi connectivity index (χ4n) is 3.93. The lowest BCUT2D eigenvalue weighted by Crippen LogP contribution is -2.50. The number of sulfone groups is 1. The van der Waals surface area contributed by atoms with Crippen LogP contribution in [0.5, 0.6) is 0 Å². The minimum absolute atomic E-state index is 0.0414. The minimum atomic E-state index is -3.04. The maximum Gasteiger partial charge on any atom is 0.246 e. The average Bonchev–Trinajstić information content (AvgIpc) is 3.42. The molecule has 1 aromatic rings. The summed E-state index contributed by atoms with van der Waals surface area (Å²) in [5, 5.41) is 4.75. The molecular weight excluding hydrogens is 416 g/mol. The fourth-order valence-corrected chi connectivity index (χ4v) is 5.99. The summed E-state index contributed by atoms with van der Waals surface area (Å²) < 4.78 is 25.0. The number of aryl methyl sites for hydroxylation is 1. The second kappa shape index (κ2) is 7.75. The number of aromatic nitrogens is 2. The summed E-state index contributed by atoms with van der Waals surface area (Å²) in [6.07, 6.45) is 5.59. The fraction of sp³-hybridized carbons (Fsp3) is 0.632. The first kappa shape index (κ1) is 20.4. The van der Waals surface area contributed by atoms with E-state index in [1.165, 1.54) is 6.08 Å². The van der Waals surface area contributed by atoms with Gasteiger partial charge in [-0.1, -0.05) is 11.6 Å². The number of hydrogen-bond acceptors (Lipinski definition) is 5. The molecule has 4 rings (SSSR count). The molecule has 1 aromatic heterocycles. The first-order valence-electron chi connectivity index (χ1n) is 9.96. The maximum atomic E-state index is 12.6. The molecular formula is C19H25ClN4O4S. The van der Waals surface area contributed by atoms with Gasteiger partial charge in [-0.25, -0.2) is 13.1 Å². The summed E-state index contributed by atoms with van der Waals surface area (Å²) in [5.74, 6) is 0.478. The van der Waals surface area contributed by atoms with Gasteiger partial charge in [-0.15, -0.1) is 0 Å². The van der Waals surface area contributed by atoms with Crippen molar-refractivity contribution in [3.63, 3.8) is 0 Å². The van der Waals surface area contributed by atoms with Crippen molar-refractivity contribution in [2.24, 2.45) is 5.92 Å². The molecule has 1 saturated carbocycles. The van der Waals surface area contributed by atoms with Crippen LogP contribution >= 0.6 is 11.6 Å². The van der Waals surface area contributed by atoms with Gasteiger partial charge in [0.05, 0.1) is 23.2 Å².